The number of aromatic carboxylic acids is 1. The van der Waals surface area contributed by atoms with Crippen molar-refractivity contribution in [1.82, 2.24) is 4.98 Å². The summed E-state index contributed by atoms with van der Waals surface area (Å²) in [6.07, 6.45) is 0. The second-order valence-electron chi connectivity index (χ2n) is 3.06. The SMILES string of the molecule is CC(C)c1ccc(O)c(C(=O)O)n1. The summed E-state index contributed by atoms with van der Waals surface area (Å²) < 4.78 is 0. The molecule has 1 aromatic rings. The highest BCUT2D eigenvalue weighted by atomic mass is 16.4. The van der Waals surface area contributed by atoms with Crippen molar-refractivity contribution >= 4 is 5.97 Å². The van der Waals surface area contributed by atoms with Crippen molar-refractivity contribution in [2.24, 2.45) is 0 Å². The molecule has 1 aromatic heterocycles. The molecule has 0 aliphatic carbocycles. The van der Waals surface area contributed by atoms with Gasteiger partial charge in [-0.15, -0.1) is 0 Å². The van der Waals surface area contributed by atoms with E-state index < -0.39 is 5.97 Å². The van der Waals surface area contributed by atoms with Gasteiger partial charge in [-0.25, -0.2) is 9.78 Å². The number of carboxylic acid groups (broad SMARTS) is 1. The van der Waals surface area contributed by atoms with E-state index in [1.54, 1.807) is 6.07 Å². The van der Waals surface area contributed by atoms with Crippen molar-refractivity contribution in [2.45, 2.75) is 19.8 Å². The fourth-order valence-corrected chi connectivity index (χ4v) is 0.946. The van der Waals surface area contributed by atoms with Crippen LogP contribution in [0, 0.1) is 0 Å². The molecule has 4 heteroatoms. The van der Waals surface area contributed by atoms with Crippen LogP contribution < -0.4 is 0 Å². The number of rotatable bonds is 2. The standard InChI is InChI=1S/C9H11NO3/c1-5(2)6-3-4-7(11)8(10-6)9(12)13/h3-5,11H,1-2H3,(H,12,13). The summed E-state index contributed by atoms with van der Waals surface area (Å²) in [5.74, 6) is -1.35. The smallest absolute Gasteiger partial charge is 0.358 e. The molecule has 0 spiro atoms. The van der Waals surface area contributed by atoms with E-state index in [2.05, 4.69) is 4.98 Å². The average molecular weight is 181 g/mol. The van der Waals surface area contributed by atoms with Gasteiger partial charge < -0.3 is 10.2 Å². The van der Waals surface area contributed by atoms with E-state index >= 15 is 0 Å². The first-order valence-electron chi connectivity index (χ1n) is 3.95. The predicted octanol–water partition coefficient (Wildman–Crippen LogP) is 1.61. The van der Waals surface area contributed by atoms with Gasteiger partial charge in [0.25, 0.3) is 0 Å². The Hall–Kier alpha value is -1.58. The van der Waals surface area contributed by atoms with Gasteiger partial charge in [-0.1, -0.05) is 13.8 Å². The highest BCUT2D eigenvalue weighted by Gasteiger charge is 2.13. The summed E-state index contributed by atoms with van der Waals surface area (Å²) in [5, 5.41) is 17.8. The highest BCUT2D eigenvalue weighted by molar-refractivity contribution is 5.88. The number of nitrogens with zero attached hydrogens (tertiary/aromatic N) is 1. The number of aromatic nitrogens is 1. The largest absolute Gasteiger partial charge is 0.505 e. The third kappa shape index (κ3) is 1.96. The van der Waals surface area contributed by atoms with Crippen LogP contribution in [-0.2, 0) is 0 Å². The Kier molecular flexibility index (Phi) is 2.51. The van der Waals surface area contributed by atoms with Crippen molar-refractivity contribution in [3.63, 3.8) is 0 Å². The molecule has 0 saturated heterocycles. The van der Waals surface area contributed by atoms with E-state index in [1.165, 1.54) is 6.07 Å². The van der Waals surface area contributed by atoms with Gasteiger partial charge in [0.05, 0.1) is 0 Å². The minimum atomic E-state index is -1.21. The summed E-state index contributed by atoms with van der Waals surface area (Å²) in [4.78, 5) is 14.4. The molecule has 0 aliphatic heterocycles. The number of carbonyl (C=O) groups is 1. The van der Waals surface area contributed by atoms with Crippen molar-refractivity contribution in [3.8, 4) is 5.75 Å². The van der Waals surface area contributed by atoms with Crippen LogP contribution >= 0.6 is 0 Å². The maximum atomic E-state index is 10.6. The van der Waals surface area contributed by atoms with Gasteiger partial charge in [0.15, 0.2) is 5.69 Å². The highest BCUT2D eigenvalue weighted by Crippen LogP contribution is 2.19. The maximum Gasteiger partial charge on any atom is 0.358 e. The molecule has 2 N–H and O–H groups in total. The van der Waals surface area contributed by atoms with Crippen LogP contribution in [0.2, 0.25) is 0 Å². The zero-order valence-corrected chi connectivity index (χ0v) is 7.48. The maximum absolute atomic E-state index is 10.6. The second-order valence-corrected chi connectivity index (χ2v) is 3.06. The normalized spacial score (nSPS) is 10.4. The Morgan fingerprint density at radius 3 is 2.54 bits per heavy atom. The Bertz CT molecular complexity index is 334. The molecule has 13 heavy (non-hydrogen) atoms. The first-order valence-corrected chi connectivity index (χ1v) is 3.95. The van der Waals surface area contributed by atoms with Crippen LogP contribution in [0.3, 0.4) is 0 Å². The summed E-state index contributed by atoms with van der Waals surface area (Å²) in [6.45, 7) is 3.82. The monoisotopic (exact) mass is 181 g/mol. The van der Waals surface area contributed by atoms with Crippen LogP contribution in [0.15, 0.2) is 12.1 Å². The molecule has 0 bridgehead atoms. The summed E-state index contributed by atoms with van der Waals surface area (Å²) >= 11 is 0. The van der Waals surface area contributed by atoms with Gasteiger partial charge in [0.1, 0.15) is 5.75 Å². The predicted molar refractivity (Wildman–Crippen MR) is 47.0 cm³/mol. The quantitative estimate of drug-likeness (QED) is 0.727. The van der Waals surface area contributed by atoms with Gasteiger partial charge in [0, 0.05) is 5.69 Å². The van der Waals surface area contributed by atoms with Gasteiger partial charge in [0.2, 0.25) is 0 Å². The molecule has 0 amide bonds. The molecule has 0 aliphatic rings. The van der Waals surface area contributed by atoms with Crippen LogP contribution in [0.5, 0.6) is 5.75 Å². The van der Waals surface area contributed by atoms with Gasteiger partial charge >= 0.3 is 5.97 Å². The van der Waals surface area contributed by atoms with Crippen LogP contribution in [0.1, 0.15) is 35.9 Å². The zero-order valence-electron chi connectivity index (χ0n) is 7.48. The number of hydrogen-bond acceptors (Lipinski definition) is 3. The number of pyridine rings is 1. The van der Waals surface area contributed by atoms with E-state index in [1.807, 2.05) is 13.8 Å². The molecule has 0 atom stereocenters. The lowest BCUT2D eigenvalue weighted by Gasteiger charge is -2.05. The van der Waals surface area contributed by atoms with Gasteiger partial charge in [-0.2, -0.15) is 0 Å². The molecule has 0 aromatic carbocycles. The van der Waals surface area contributed by atoms with E-state index in [4.69, 9.17) is 10.2 Å². The molecular weight excluding hydrogens is 170 g/mol. The third-order valence-corrected chi connectivity index (χ3v) is 1.69. The molecule has 1 rings (SSSR count). The molecule has 0 unspecified atom stereocenters. The fraction of sp³-hybridized carbons (Fsp3) is 0.333. The number of aromatic hydroxyl groups is 1. The lowest BCUT2D eigenvalue weighted by atomic mass is 10.1. The Labute approximate surface area is 75.9 Å². The summed E-state index contributed by atoms with van der Waals surface area (Å²) in [6, 6.07) is 2.97. The van der Waals surface area contributed by atoms with Crippen molar-refractivity contribution < 1.29 is 15.0 Å². The third-order valence-electron chi connectivity index (χ3n) is 1.69. The van der Waals surface area contributed by atoms with Gasteiger partial charge in [-0.05, 0) is 18.1 Å². The van der Waals surface area contributed by atoms with Crippen LogP contribution in [0.4, 0.5) is 0 Å². The van der Waals surface area contributed by atoms with Crippen molar-refractivity contribution in [3.05, 3.63) is 23.5 Å². The zero-order chi connectivity index (χ0) is 10.0. The topological polar surface area (TPSA) is 70.4 Å². The summed E-state index contributed by atoms with van der Waals surface area (Å²) in [7, 11) is 0. The molecule has 0 saturated carbocycles. The number of hydrogen-bond donors (Lipinski definition) is 2. The Morgan fingerprint density at radius 1 is 1.46 bits per heavy atom. The minimum absolute atomic E-state index is 0.152. The fourth-order valence-electron chi connectivity index (χ4n) is 0.946. The second kappa shape index (κ2) is 3.43. The van der Waals surface area contributed by atoms with Crippen molar-refractivity contribution in [2.75, 3.05) is 0 Å². The van der Waals surface area contributed by atoms with Gasteiger partial charge in [-0.3, -0.25) is 0 Å². The van der Waals surface area contributed by atoms with E-state index in [0.29, 0.717) is 5.69 Å². The molecule has 70 valence electrons. The lowest BCUT2D eigenvalue weighted by Crippen LogP contribution is -2.04. The van der Waals surface area contributed by atoms with Crippen LogP contribution in [0.25, 0.3) is 0 Å². The molecule has 0 radical (unpaired) electrons. The first-order chi connectivity index (χ1) is 6.02. The first kappa shape index (κ1) is 9.51. The minimum Gasteiger partial charge on any atom is -0.505 e. The molecule has 0 fully saturated rings. The van der Waals surface area contributed by atoms with E-state index in [9.17, 15) is 4.79 Å². The molecular formula is C9H11NO3. The Balaban J connectivity index is 3.19. The summed E-state index contributed by atoms with van der Waals surface area (Å²) in [5.41, 5.74) is 0.376. The van der Waals surface area contributed by atoms with Crippen molar-refractivity contribution in [1.29, 1.82) is 0 Å². The van der Waals surface area contributed by atoms with E-state index in [-0.39, 0.29) is 17.4 Å². The average Bonchev–Trinajstić information content (AvgIpc) is 2.04. The van der Waals surface area contributed by atoms with E-state index in [0.717, 1.165) is 0 Å². The molecule has 1 heterocycles. The Morgan fingerprint density at radius 2 is 2.08 bits per heavy atom. The number of carboxylic acids is 1. The lowest BCUT2D eigenvalue weighted by molar-refractivity contribution is 0.0686. The van der Waals surface area contributed by atoms with Crippen LogP contribution in [-0.4, -0.2) is 21.2 Å². The molecule has 4 nitrogen and oxygen atoms in total.